The molecule has 0 radical (unpaired) electrons. The summed E-state index contributed by atoms with van der Waals surface area (Å²) < 4.78 is 16.1. The van der Waals surface area contributed by atoms with Gasteiger partial charge in [-0.1, -0.05) is 0 Å². The smallest absolute Gasteiger partial charge is 0.415 e. The SMILES string of the molecule is O=C1OC2CCNCC2N1c1ccc2c(c1)OCO2. The summed E-state index contributed by atoms with van der Waals surface area (Å²) in [5.41, 5.74) is 0.797. The van der Waals surface area contributed by atoms with Gasteiger partial charge < -0.3 is 19.5 Å². The highest BCUT2D eigenvalue weighted by Gasteiger charge is 2.44. The van der Waals surface area contributed by atoms with Crippen molar-refractivity contribution in [2.45, 2.75) is 18.6 Å². The van der Waals surface area contributed by atoms with Crippen LogP contribution in [0, 0.1) is 0 Å². The summed E-state index contributed by atoms with van der Waals surface area (Å²) in [6, 6.07) is 5.59. The van der Waals surface area contributed by atoms with Gasteiger partial charge in [0.15, 0.2) is 11.5 Å². The van der Waals surface area contributed by atoms with Gasteiger partial charge in [-0.05, 0) is 25.1 Å². The van der Waals surface area contributed by atoms with Crippen LogP contribution < -0.4 is 19.7 Å². The van der Waals surface area contributed by atoms with Gasteiger partial charge >= 0.3 is 6.09 Å². The molecule has 2 fully saturated rings. The Morgan fingerprint density at radius 2 is 2.16 bits per heavy atom. The van der Waals surface area contributed by atoms with E-state index in [-0.39, 0.29) is 25.0 Å². The van der Waals surface area contributed by atoms with Gasteiger partial charge in [0.2, 0.25) is 6.79 Å². The number of benzene rings is 1. The number of hydrogen-bond donors (Lipinski definition) is 1. The van der Waals surface area contributed by atoms with E-state index in [1.54, 1.807) is 4.90 Å². The van der Waals surface area contributed by atoms with Crippen LogP contribution in [0.5, 0.6) is 11.5 Å². The molecule has 0 aliphatic carbocycles. The van der Waals surface area contributed by atoms with E-state index in [2.05, 4.69) is 5.32 Å². The van der Waals surface area contributed by atoms with Crippen molar-refractivity contribution < 1.29 is 19.0 Å². The van der Waals surface area contributed by atoms with Crippen LogP contribution >= 0.6 is 0 Å². The first-order valence-corrected chi connectivity index (χ1v) is 6.43. The summed E-state index contributed by atoms with van der Waals surface area (Å²) in [6.45, 7) is 1.88. The predicted molar refractivity (Wildman–Crippen MR) is 66.6 cm³/mol. The number of rotatable bonds is 1. The number of piperidine rings is 1. The minimum atomic E-state index is -0.280. The Kier molecular flexibility index (Phi) is 2.32. The highest BCUT2D eigenvalue weighted by atomic mass is 16.7. The monoisotopic (exact) mass is 262 g/mol. The van der Waals surface area contributed by atoms with Crippen LogP contribution in [0.4, 0.5) is 10.5 Å². The number of carbonyl (C=O) groups excluding carboxylic acids is 1. The summed E-state index contributed by atoms with van der Waals surface area (Å²) in [6.07, 6.45) is 0.564. The van der Waals surface area contributed by atoms with E-state index in [9.17, 15) is 4.79 Å². The predicted octanol–water partition coefficient (Wildman–Crippen LogP) is 1.10. The molecule has 2 atom stereocenters. The zero-order valence-corrected chi connectivity index (χ0v) is 10.3. The van der Waals surface area contributed by atoms with Gasteiger partial charge in [-0.25, -0.2) is 4.79 Å². The van der Waals surface area contributed by atoms with Crippen molar-refractivity contribution in [2.75, 3.05) is 24.8 Å². The van der Waals surface area contributed by atoms with Gasteiger partial charge in [0, 0.05) is 12.6 Å². The third-order valence-electron chi connectivity index (χ3n) is 3.80. The van der Waals surface area contributed by atoms with Crippen LogP contribution in [0.1, 0.15) is 6.42 Å². The van der Waals surface area contributed by atoms with Crippen molar-refractivity contribution in [1.29, 1.82) is 0 Å². The summed E-state index contributed by atoms with van der Waals surface area (Å²) in [5, 5.41) is 3.30. The molecular weight excluding hydrogens is 248 g/mol. The van der Waals surface area contributed by atoms with Gasteiger partial charge in [-0.15, -0.1) is 0 Å². The van der Waals surface area contributed by atoms with Gasteiger partial charge in [0.1, 0.15) is 6.10 Å². The quantitative estimate of drug-likeness (QED) is 0.821. The second-order valence-electron chi connectivity index (χ2n) is 4.89. The number of fused-ring (bicyclic) bond motifs is 2. The first-order valence-electron chi connectivity index (χ1n) is 6.43. The standard InChI is InChI=1S/C13H14N2O4/c16-13-15(9-6-14-4-3-10(9)19-13)8-1-2-11-12(5-8)18-7-17-11/h1-2,5,9-10,14H,3-4,6-7H2. The fourth-order valence-corrected chi connectivity index (χ4v) is 2.87. The lowest BCUT2D eigenvalue weighted by atomic mass is 10.0. The van der Waals surface area contributed by atoms with E-state index in [0.29, 0.717) is 5.75 Å². The third-order valence-corrected chi connectivity index (χ3v) is 3.80. The second-order valence-corrected chi connectivity index (χ2v) is 4.89. The minimum absolute atomic E-state index is 0.0147. The van der Waals surface area contributed by atoms with E-state index in [1.165, 1.54) is 0 Å². The maximum absolute atomic E-state index is 12.0. The molecule has 0 bridgehead atoms. The van der Waals surface area contributed by atoms with E-state index in [0.717, 1.165) is 30.9 Å². The largest absolute Gasteiger partial charge is 0.454 e. The summed E-state index contributed by atoms with van der Waals surface area (Å²) in [4.78, 5) is 13.8. The van der Waals surface area contributed by atoms with Gasteiger partial charge in [0.25, 0.3) is 0 Å². The number of ether oxygens (including phenoxy) is 3. The lowest BCUT2D eigenvalue weighted by Gasteiger charge is -2.28. The molecule has 3 aliphatic heterocycles. The second kappa shape index (κ2) is 4.03. The average molecular weight is 262 g/mol. The average Bonchev–Trinajstić information content (AvgIpc) is 3.00. The summed E-state index contributed by atoms with van der Waals surface area (Å²) in [5.74, 6) is 1.40. The molecule has 2 unspecified atom stereocenters. The molecule has 0 spiro atoms. The summed E-state index contributed by atoms with van der Waals surface area (Å²) >= 11 is 0. The van der Waals surface area contributed by atoms with E-state index < -0.39 is 0 Å². The molecule has 3 aliphatic rings. The molecule has 1 amide bonds. The first-order chi connectivity index (χ1) is 9.33. The number of carbonyl (C=O) groups is 1. The molecule has 19 heavy (non-hydrogen) atoms. The van der Waals surface area contributed by atoms with Crippen LogP contribution in [0.25, 0.3) is 0 Å². The van der Waals surface area contributed by atoms with E-state index in [4.69, 9.17) is 14.2 Å². The molecule has 4 rings (SSSR count). The normalized spacial score (nSPS) is 28.2. The number of nitrogens with one attached hydrogen (secondary N) is 1. The van der Waals surface area contributed by atoms with E-state index >= 15 is 0 Å². The van der Waals surface area contributed by atoms with Crippen LogP contribution in [0.3, 0.4) is 0 Å². The highest BCUT2D eigenvalue weighted by Crippen LogP contribution is 2.38. The van der Waals surface area contributed by atoms with Gasteiger partial charge in [0.05, 0.1) is 11.7 Å². The maximum atomic E-state index is 12.0. The Hall–Kier alpha value is -1.95. The van der Waals surface area contributed by atoms with Crippen molar-refractivity contribution in [3.8, 4) is 11.5 Å². The van der Waals surface area contributed by atoms with Crippen molar-refractivity contribution in [2.24, 2.45) is 0 Å². The number of hydrogen-bond acceptors (Lipinski definition) is 5. The fourth-order valence-electron chi connectivity index (χ4n) is 2.87. The summed E-state index contributed by atoms with van der Waals surface area (Å²) in [7, 11) is 0. The van der Waals surface area contributed by atoms with Gasteiger partial charge in [-0.3, -0.25) is 4.90 Å². The van der Waals surface area contributed by atoms with Crippen molar-refractivity contribution in [3.63, 3.8) is 0 Å². The Labute approximate surface area is 110 Å². The third kappa shape index (κ3) is 1.63. The van der Waals surface area contributed by atoms with Crippen molar-refractivity contribution in [1.82, 2.24) is 5.32 Å². The molecule has 3 heterocycles. The molecule has 1 N–H and O–H groups in total. The Balaban J connectivity index is 1.69. The lowest BCUT2D eigenvalue weighted by molar-refractivity contribution is 0.117. The maximum Gasteiger partial charge on any atom is 0.415 e. The van der Waals surface area contributed by atoms with Gasteiger partial charge in [-0.2, -0.15) is 0 Å². The number of nitrogens with zero attached hydrogens (tertiary/aromatic N) is 1. The fraction of sp³-hybridized carbons (Fsp3) is 0.462. The Bertz CT molecular complexity index is 533. The Morgan fingerprint density at radius 1 is 1.26 bits per heavy atom. The van der Waals surface area contributed by atoms with Crippen molar-refractivity contribution >= 4 is 11.8 Å². The lowest BCUT2D eigenvalue weighted by Crippen LogP contribution is -2.49. The molecule has 100 valence electrons. The van der Waals surface area contributed by atoms with E-state index in [1.807, 2.05) is 18.2 Å². The molecule has 2 saturated heterocycles. The molecule has 1 aromatic rings. The van der Waals surface area contributed by atoms with Crippen LogP contribution in [-0.4, -0.2) is 38.1 Å². The molecular formula is C13H14N2O4. The van der Waals surface area contributed by atoms with Crippen LogP contribution in [-0.2, 0) is 4.74 Å². The molecule has 6 nitrogen and oxygen atoms in total. The molecule has 0 aromatic heterocycles. The zero-order chi connectivity index (χ0) is 12.8. The van der Waals surface area contributed by atoms with Crippen LogP contribution in [0.2, 0.25) is 0 Å². The van der Waals surface area contributed by atoms with Crippen LogP contribution in [0.15, 0.2) is 18.2 Å². The number of anilines is 1. The zero-order valence-electron chi connectivity index (χ0n) is 10.3. The molecule has 1 aromatic carbocycles. The number of amides is 1. The van der Waals surface area contributed by atoms with Crippen molar-refractivity contribution in [3.05, 3.63) is 18.2 Å². The topological polar surface area (TPSA) is 60.0 Å². The Morgan fingerprint density at radius 3 is 3.11 bits per heavy atom. The molecule has 0 saturated carbocycles. The first kappa shape index (κ1) is 10.9. The minimum Gasteiger partial charge on any atom is -0.454 e. The highest BCUT2D eigenvalue weighted by molar-refractivity contribution is 5.91. The molecule has 6 heteroatoms.